The Bertz CT molecular complexity index is 1430. The number of rotatable bonds is 6. The molecule has 0 saturated carbocycles. The van der Waals surface area contributed by atoms with Crippen LogP contribution >= 0.6 is 0 Å². The lowest BCUT2D eigenvalue weighted by Crippen LogP contribution is -2.42. The van der Waals surface area contributed by atoms with E-state index in [1.165, 1.54) is 0 Å². The van der Waals surface area contributed by atoms with Crippen molar-refractivity contribution in [3.63, 3.8) is 0 Å². The third-order valence-electron chi connectivity index (χ3n) is 7.54. The molecule has 3 aliphatic rings. The monoisotopic (exact) mass is 524 g/mol. The van der Waals surface area contributed by atoms with Crippen LogP contribution in [0.2, 0.25) is 0 Å². The number of hydrogen-bond acceptors (Lipinski definition) is 7. The standard InChI is InChI=1S/C28H29FN2O7/c1-17-20-11-10-19(9-6-12-28(2)24(38-28)23(20)37-26(17)34)16-36-22(32)15-30-14-21(29)25(33)31(27(30)35)13-18-7-4-3-5-8-18/h3-5,7-9,14,20,23-24H,1,6,10-13,15-16H2,2H3/b19-9+/t20-,23-,24-,28+/m0/s1. The maximum atomic E-state index is 14.3. The summed E-state index contributed by atoms with van der Waals surface area (Å²) in [7, 11) is 0. The maximum Gasteiger partial charge on any atom is 0.334 e. The average Bonchev–Trinajstić information content (AvgIpc) is 3.49. The number of epoxide rings is 1. The molecular weight excluding hydrogens is 495 g/mol. The quantitative estimate of drug-likeness (QED) is 0.247. The molecule has 200 valence electrons. The smallest absolute Gasteiger partial charge is 0.334 e. The highest BCUT2D eigenvalue weighted by atomic mass is 19.1. The molecule has 0 N–H and O–H groups in total. The first kappa shape index (κ1) is 25.8. The van der Waals surface area contributed by atoms with Gasteiger partial charge >= 0.3 is 17.6 Å². The fourth-order valence-electron chi connectivity index (χ4n) is 5.25. The van der Waals surface area contributed by atoms with Crippen LogP contribution in [0.15, 0.2) is 69.9 Å². The number of nitrogens with zero attached hydrogens (tertiary/aromatic N) is 2. The molecule has 2 saturated heterocycles. The zero-order valence-corrected chi connectivity index (χ0v) is 21.1. The van der Waals surface area contributed by atoms with Crippen molar-refractivity contribution in [2.24, 2.45) is 5.92 Å². The lowest BCUT2D eigenvalue weighted by molar-refractivity contribution is -0.143. The van der Waals surface area contributed by atoms with Gasteiger partial charge in [0, 0.05) is 11.5 Å². The second-order valence-electron chi connectivity index (χ2n) is 10.2. The number of carbonyl (C=O) groups is 2. The van der Waals surface area contributed by atoms with Crippen molar-refractivity contribution < 1.29 is 28.2 Å². The van der Waals surface area contributed by atoms with Crippen LogP contribution in [0.5, 0.6) is 0 Å². The molecular formula is C28H29FN2O7. The first-order valence-corrected chi connectivity index (χ1v) is 12.6. The van der Waals surface area contributed by atoms with Crippen molar-refractivity contribution >= 4 is 11.9 Å². The molecule has 38 heavy (non-hydrogen) atoms. The van der Waals surface area contributed by atoms with E-state index in [2.05, 4.69) is 6.58 Å². The number of benzene rings is 1. The SMILES string of the molecule is C=C1C(=O)O[C@H]2[C@H]1CC/C(COC(=O)Cn1cc(F)c(=O)n(Cc3ccccc3)c1=O)=C\CC[C@@]1(C)O[C@@H]21. The van der Waals surface area contributed by atoms with Gasteiger partial charge in [-0.15, -0.1) is 0 Å². The highest BCUT2D eigenvalue weighted by Gasteiger charge is 2.61. The van der Waals surface area contributed by atoms with Gasteiger partial charge in [0.1, 0.15) is 25.4 Å². The number of esters is 2. The fraction of sp³-hybridized carbons (Fsp3) is 0.429. The Morgan fingerprint density at radius 1 is 1.24 bits per heavy atom. The van der Waals surface area contributed by atoms with Crippen LogP contribution < -0.4 is 11.2 Å². The Labute approximate surface area is 218 Å². The third-order valence-corrected chi connectivity index (χ3v) is 7.54. The largest absolute Gasteiger partial charge is 0.460 e. The summed E-state index contributed by atoms with van der Waals surface area (Å²) < 4.78 is 32.8. The summed E-state index contributed by atoms with van der Waals surface area (Å²) >= 11 is 0. The summed E-state index contributed by atoms with van der Waals surface area (Å²) in [4.78, 5) is 49.9. The van der Waals surface area contributed by atoms with Crippen LogP contribution in [0.4, 0.5) is 4.39 Å². The zero-order chi connectivity index (χ0) is 27.0. The minimum atomic E-state index is -1.14. The highest BCUT2D eigenvalue weighted by Crippen LogP contribution is 2.49. The Balaban J connectivity index is 1.25. The number of halogens is 1. The van der Waals surface area contributed by atoms with Crippen molar-refractivity contribution in [2.45, 2.75) is 63.5 Å². The molecule has 0 bridgehead atoms. The van der Waals surface area contributed by atoms with Gasteiger partial charge in [-0.2, -0.15) is 4.39 Å². The van der Waals surface area contributed by atoms with E-state index >= 15 is 0 Å². The molecule has 1 aromatic heterocycles. The molecule has 2 fully saturated rings. The Morgan fingerprint density at radius 3 is 2.76 bits per heavy atom. The first-order valence-electron chi connectivity index (χ1n) is 12.6. The van der Waals surface area contributed by atoms with Gasteiger partial charge < -0.3 is 14.2 Å². The van der Waals surface area contributed by atoms with Crippen molar-refractivity contribution in [2.75, 3.05) is 6.61 Å². The van der Waals surface area contributed by atoms with Crippen molar-refractivity contribution in [1.29, 1.82) is 0 Å². The predicted molar refractivity (Wildman–Crippen MR) is 134 cm³/mol. The lowest BCUT2D eigenvalue weighted by Gasteiger charge is -2.20. The molecule has 2 aliphatic heterocycles. The number of allylic oxidation sites excluding steroid dienone is 1. The highest BCUT2D eigenvalue weighted by molar-refractivity contribution is 5.91. The summed E-state index contributed by atoms with van der Waals surface area (Å²) in [6.07, 6.45) is 4.78. The van der Waals surface area contributed by atoms with Crippen molar-refractivity contribution in [3.8, 4) is 0 Å². The van der Waals surface area contributed by atoms with E-state index in [4.69, 9.17) is 14.2 Å². The average molecular weight is 525 g/mol. The van der Waals surface area contributed by atoms with Gasteiger partial charge in [-0.25, -0.2) is 9.59 Å². The number of fused-ring (bicyclic) bond motifs is 3. The van der Waals surface area contributed by atoms with E-state index in [0.29, 0.717) is 30.4 Å². The predicted octanol–water partition coefficient (Wildman–Crippen LogP) is 2.50. The second-order valence-corrected chi connectivity index (χ2v) is 10.2. The molecule has 4 atom stereocenters. The first-order chi connectivity index (χ1) is 18.2. The number of hydrogen-bond donors (Lipinski definition) is 0. The van der Waals surface area contributed by atoms with Crippen LogP contribution in [0.3, 0.4) is 0 Å². The van der Waals surface area contributed by atoms with Crippen LogP contribution in [-0.2, 0) is 36.9 Å². The molecule has 0 radical (unpaired) electrons. The maximum absolute atomic E-state index is 14.3. The topological polar surface area (TPSA) is 109 Å². The Morgan fingerprint density at radius 2 is 2.00 bits per heavy atom. The van der Waals surface area contributed by atoms with E-state index in [9.17, 15) is 23.6 Å². The molecule has 1 aliphatic carbocycles. The van der Waals surface area contributed by atoms with Gasteiger partial charge in [0.2, 0.25) is 5.82 Å². The molecule has 9 nitrogen and oxygen atoms in total. The lowest BCUT2D eigenvalue weighted by atomic mass is 9.84. The molecule has 10 heteroatoms. The molecule has 0 unspecified atom stereocenters. The molecule has 2 aromatic rings. The van der Waals surface area contributed by atoms with Crippen molar-refractivity contribution in [1.82, 2.24) is 9.13 Å². The fourth-order valence-corrected chi connectivity index (χ4v) is 5.25. The number of ether oxygens (including phenoxy) is 3. The van der Waals surface area contributed by atoms with Crippen molar-refractivity contribution in [3.05, 3.63) is 92.5 Å². The minimum absolute atomic E-state index is 0.0145. The number of carbonyl (C=O) groups excluding carboxylic acids is 2. The Hall–Kier alpha value is -3.79. The van der Waals surface area contributed by atoms with Gasteiger partial charge in [0.25, 0.3) is 5.56 Å². The molecule has 1 aromatic carbocycles. The number of aromatic nitrogens is 2. The van der Waals surface area contributed by atoms with Crippen LogP contribution in [-0.4, -0.2) is 45.5 Å². The minimum Gasteiger partial charge on any atom is -0.460 e. The Kier molecular flexibility index (Phi) is 6.92. The normalized spacial score (nSPS) is 27.9. The van der Waals surface area contributed by atoms with Gasteiger partial charge in [-0.3, -0.25) is 18.7 Å². The molecule has 5 rings (SSSR count). The van der Waals surface area contributed by atoms with Gasteiger partial charge in [0.05, 0.1) is 18.3 Å². The van der Waals surface area contributed by atoms with Gasteiger partial charge in [-0.05, 0) is 43.7 Å². The zero-order valence-electron chi connectivity index (χ0n) is 21.1. The van der Waals surface area contributed by atoms with E-state index in [1.807, 2.05) is 13.0 Å². The summed E-state index contributed by atoms with van der Waals surface area (Å²) in [6.45, 7) is 5.21. The van der Waals surface area contributed by atoms with E-state index in [-0.39, 0.29) is 36.9 Å². The summed E-state index contributed by atoms with van der Waals surface area (Å²) in [5.41, 5.74) is -0.308. The van der Waals surface area contributed by atoms with E-state index in [1.54, 1.807) is 30.3 Å². The van der Waals surface area contributed by atoms with E-state index < -0.39 is 35.5 Å². The second kappa shape index (κ2) is 10.2. The molecule has 0 spiro atoms. The molecule has 0 amide bonds. The third kappa shape index (κ3) is 5.13. The van der Waals surface area contributed by atoms with Gasteiger partial charge in [0.15, 0.2) is 0 Å². The van der Waals surface area contributed by atoms with Crippen LogP contribution in [0.25, 0.3) is 0 Å². The van der Waals surface area contributed by atoms with E-state index in [0.717, 1.165) is 27.3 Å². The summed E-state index contributed by atoms with van der Waals surface area (Å²) in [5.74, 6) is -2.46. The van der Waals surface area contributed by atoms with Crippen LogP contribution in [0.1, 0.15) is 38.2 Å². The summed E-state index contributed by atoms with van der Waals surface area (Å²) in [5, 5.41) is 0. The molecule has 3 heterocycles. The van der Waals surface area contributed by atoms with Crippen LogP contribution in [0, 0.1) is 11.7 Å². The van der Waals surface area contributed by atoms with Gasteiger partial charge in [-0.1, -0.05) is 43.0 Å². The summed E-state index contributed by atoms with van der Waals surface area (Å²) in [6, 6.07) is 8.70.